The molecule has 0 aliphatic rings. The molecule has 1 aromatic carbocycles. The zero-order valence-electron chi connectivity index (χ0n) is 14.3. The number of carbonyl (C=O) groups is 1. The lowest BCUT2D eigenvalue weighted by Gasteiger charge is -2.17. The van der Waals surface area contributed by atoms with E-state index in [0.29, 0.717) is 17.9 Å². The second kappa shape index (κ2) is 8.40. The molecular weight excluding hydrogens is 326 g/mol. The highest BCUT2D eigenvalue weighted by molar-refractivity contribution is 5.89. The minimum Gasteiger partial charge on any atom is -0.322 e. The van der Waals surface area contributed by atoms with Crippen molar-refractivity contribution in [1.82, 2.24) is 19.9 Å². The van der Waals surface area contributed by atoms with Crippen molar-refractivity contribution in [3.8, 4) is 11.8 Å². The predicted molar refractivity (Wildman–Crippen MR) is 99.2 cm³/mol. The van der Waals surface area contributed by atoms with Crippen molar-refractivity contribution in [2.24, 2.45) is 0 Å². The molecule has 3 rings (SSSR count). The summed E-state index contributed by atoms with van der Waals surface area (Å²) in [5.41, 5.74) is 2.89. The molecule has 0 saturated carbocycles. The Balaban J connectivity index is 1.65. The summed E-state index contributed by atoms with van der Waals surface area (Å²) >= 11 is 0. The molecule has 6 nitrogen and oxygen atoms in total. The lowest BCUT2D eigenvalue weighted by Crippen LogP contribution is -2.31. The average molecular weight is 343 g/mol. The third-order valence-corrected chi connectivity index (χ3v) is 3.48. The molecule has 128 valence electrons. The van der Waals surface area contributed by atoms with E-state index in [1.165, 1.54) is 4.90 Å². The van der Waals surface area contributed by atoms with Crippen LogP contribution in [0.3, 0.4) is 0 Å². The Morgan fingerprint density at radius 3 is 2.77 bits per heavy atom. The Bertz CT molecular complexity index is 932. The molecule has 1 N–H and O–H groups in total. The number of anilines is 1. The van der Waals surface area contributed by atoms with E-state index < -0.39 is 0 Å². The van der Waals surface area contributed by atoms with Crippen molar-refractivity contribution in [2.75, 3.05) is 12.4 Å². The molecule has 6 heteroatoms. The molecule has 0 saturated heterocycles. The highest BCUT2D eigenvalue weighted by Gasteiger charge is 2.10. The minimum atomic E-state index is -0.231. The summed E-state index contributed by atoms with van der Waals surface area (Å²) in [5.74, 6) is 6.05. The van der Waals surface area contributed by atoms with E-state index >= 15 is 0 Å². The Hall–Kier alpha value is -3.72. The van der Waals surface area contributed by atoms with Crippen LogP contribution in [0.25, 0.3) is 0 Å². The summed E-state index contributed by atoms with van der Waals surface area (Å²) < 4.78 is 0. The SMILES string of the molecule is CN(Cc1cnccn1)C(=O)Nc1cccc(C#Cc2ccccn2)c1. The Kier molecular flexibility index (Phi) is 5.53. The molecule has 0 aliphatic carbocycles. The molecule has 3 aromatic rings. The summed E-state index contributed by atoms with van der Waals surface area (Å²) in [7, 11) is 1.70. The van der Waals surface area contributed by atoms with E-state index in [4.69, 9.17) is 0 Å². The minimum absolute atomic E-state index is 0.231. The van der Waals surface area contributed by atoms with Gasteiger partial charge in [-0.15, -0.1) is 0 Å². The number of nitrogens with one attached hydrogen (secondary N) is 1. The fourth-order valence-electron chi connectivity index (χ4n) is 2.19. The van der Waals surface area contributed by atoms with E-state index in [9.17, 15) is 4.79 Å². The summed E-state index contributed by atoms with van der Waals surface area (Å²) in [6, 6.07) is 12.7. The maximum atomic E-state index is 12.3. The molecule has 26 heavy (non-hydrogen) atoms. The maximum absolute atomic E-state index is 12.3. The van der Waals surface area contributed by atoms with Gasteiger partial charge in [-0.25, -0.2) is 9.78 Å². The molecule has 2 heterocycles. The van der Waals surface area contributed by atoms with Gasteiger partial charge in [-0.05, 0) is 36.3 Å². The van der Waals surface area contributed by atoms with Crippen molar-refractivity contribution < 1.29 is 4.79 Å². The van der Waals surface area contributed by atoms with Crippen LogP contribution in [0.2, 0.25) is 0 Å². The van der Waals surface area contributed by atoms with Gasteiger partial charge in [0, 0.05) is 36.9 Å². The number of hydrogen-bond acceptors (Lipinski definition) is 4. The van der Waals surface area contributed by atoms with E-state index in [1.54, 1.807) is 31.8 Å². The smallest absolute Gasteiger partial charge is 0.321 e. The van der Waals surface area contributed by atoms with Crippen LogP contribution in [0, 0.1) is 11.8 Å². The standard InChI is InChI=1S/C20H17N5O/c1-25(15-19-14-21-11-12-23-19)20(26)24-18-7-4-5-16(13-18)8-9-17-6-2-3-10-22-17/h2-7,10-14H,15H2,1H3,(H,24,26). The van der Waals surface area contributed by atoms with Crippen LogP contribution in [-0.2, 0) is 6.54 Å². The first-order valence-corrected chi connectivity index (χ1v) is 8.01. The lowest BCUT2D eigenvalue weighted by molar-refractivity contribution is 0.220. The van der Waals surface area contributed by atoms with Crippen LogP contribution in [-0.4, -0.2) is 32.9 Å². The van der Waals surface area contributed by atoms with Crippen LogP contribution in [0.1, 0.15) is 17.0 Å². The van der Waals surface area contributed by atoms with Gasteiger partial charge in [-0.2, -0.15) is 0 Å². The first-order valence-electron chi connectivity index (χ1n) is 8.01. The van der Waals surface area contributed by atoms with Gasteiger partial charge < -0.3 is 10.2 Å². The molecule has 0 radical (unpaired) electrons. The van der Waals surface area contributed by atoms with Crippen LogP contribution >= 0.6 is 0 Å². The third-order valence-electron chi connectivity index (χ3n) is 3.48. The average Bonchev–Trinajstić information content (AvgIpc) is 2.68. The largest absolute Gasteiger partial charge is 0.322 e. The van der Waals surface area contributed by atoms with Gasteiger partial charge in [0.25, 0.3) is 0 Å². The normalized spacial score (nSPS) is 9.73. The number of aromatic nitrogens is 3. The number of hydrogen-bond donors (Lipinski definition) is 1. The first-order chi connectivity index (χ1) is 12.7. The molecule has 0 unspecified atom stereocenters. The van der Waals surface area contributed by atoms with Crippen LogP contribution < -0.4 is 5.32 Å². The molecule has 0 bridgehead atoms. The highest BCUT2D eigenvalue weighted by Crippen LogP contribution is 2.11. The monoisotopic (exact) mass is 343 g/mol. The molecule has 2 amide bonds. The van der Waals surface area contributed by atoms with Crippen molar-refractivity contribution in [3.63, 3.8) is 0 Å². The van der Waals surface area contributed by atoms with E-state index in [-0.39, 0.29) is 6.03 Å². The van der Waals surface area contributed by atoms with Gasteiger partial charge >= 0.3 is 6.03 Å². The molecule has 2 aromatic heterocycles. The fraction of sp³-hybridized carbons (Fsp3) is 0.100. The second-order valence-electron chi connectivity index (χ2n) is 5.53. The quantitative estimate of drug-likeness (QED) is 0.742. The summed E-state index contributed by atoms with van der Waals surface area (Å²) in [4.78, 5) is 26.2. The molecule has 0 spiro atoms. The van der Waals surface area contributed by atoms with Crippen LogP contribution in [0.15, 0.2) is 67.3 Å². The molecule has 0 aliphatic heterocycles. The number of urea groups is 1. The number of pyridine rings is 1. The van der Waals surface area contributed by atoms with Gasteiger partial charge in [0.15, 0.2) is 0 Å². The van der Waals surface area contributed by atoms with E-state index in [2.05, 4.69) is 32.1 Å². The molecular formula is C20H17N5O. The number of carbonyl (C=O) groups excluding carboxylic acids is 1. The number of benzene rings is 1. The summed E-state index contributed by atoms with van der Waals surface area (Å²) in [6.07, 6.45) is 6.54. The third kappa shape index (κ3) is 4.89. The maximum Gasteiger partial charge on any atom is 0.321 e. The Labute approximate surface area is 151 Å². The lowest BCUT2D eigenvalue weighted by atomic mass is 10.2. The van der Waals surface area contributed by atoms with Gasteiger partial charge in [-0.3, -0.25) is 9.97 Å². The van der Waals surface area contributed by atoms with Crippen LogP contribution in [0.4, 0.5) is 10.5 Å². The number of amides is 2. The van der Waals surface area contributed by atoms with Crippen molar-refractivity contribution in [1.29, 1.82) is 0 Å². The van der Waals surface area contributed by atoms with Gasteiger partial charge in [0.05, 0.1) is 18.4 Å². The van der Waals surface area contributed by atoms with E-state index in [0.717, 1.165) is 11.3 Å². The Morgan fingerprint density at radius 1 is 1.08 bits per heavy atom. The first kappa shape index (κ1) is 17.1. The summed E-state index contributed by atoms with van der Waals surface area (Å²) in [5, 5.41) is 2.86. The Morgan fingerprint density at radius 2 is 2.00 bits per heavy atom. The number of nitrogens with zero attached hydrogens (tertiary/aromatic N) is 4. The topological polar surface area (TPSA) is 71.0 Å². The number of rotatable bonds is 3. The van der Waals surface area contributed by atoms with Gasteiger partial charge in [0.1, 0.15) is 5.69 Å². The highest BCUT2D eigenvalue weighted by atomic mass is 16.2. The zero-order chi connectivity index (χ0) is 18.2. The van der Waals surface area contributed by atoms with Crippen LogP contribution in [0.5, 0.6) is 0 Å². The van der Waals surface area contributed by atoms with Gasteiger partial charge in [-0.1, -0.05) is 18.1 Å². The predicted octanol–water partition coefficient (Wildman–Crippen LogP) is 2.94. The molecule has 0 atom stereocenters. The van der Waals surface area contributed by atoms with E-state index in [1.807, 2.05) is 42.5 Å². The second-order valence-corrected chi connectivity index (χ2v) is 5.53. The van der Waals surface area contributed by atoms with Crippen molar-refractivity contribution >= 4 is 11.7 Å². The van der Waals surface area contributed by atoms with Gasteiger partial charge in [0.2, 0.25) is 0 Å². The summed E-state index contributed by atoms with van der Waals surface area (Å²) in [6.45, 7) is 0.374. The van der Waals surface area contributed by atoms with Crippen molar-refractivity contribution in [2.45, 2.75) is 6.54 Å². The zero-order valence-corrected chi connectivity index (χ0v) is 14.3. The fourth-order valence-corrected chi connectivity index (χ4v) is 2.19. The molecule has 0 fully saturated rings. The van der Waals surface area contributed by atoms with Crippen molar-refractivity contribution in [3.05, 3.63) is 84.2 Å².